The lowest BCUT2D eigenvalue weighted by molar-refractivity contribution is -0.114. The van der Waals surface area contributed by atoms with Crippen molar-refractivity contribution in [2.45, 2.75) is 6.92 Å². The second-order valence-electron chi connectivity index (χ2n) is 4.52. The van der Waals surface area contributed by atoms with Gasteiger partial charge in [0.2, 0.25) is 5.91 Å². The van der Waals surface area contributed by atoms with E-state index in [4.69, 9.17) is 0 Å². The molecule has 2 aromatic rings. The van der Waals surface area contributed by atoms with E-state index in [1.54, 1.807) is 6.07 Å². The number of hydrogen-bond donors (Lipinski definition) is 2. The van der Waals surface area contributed by atoms with Crippen LogP contribution in [-0.2, 0) is 4.79 Å². The Balaban J connectivity index is 1.97. The Morgan fingerprint density at radius 3 is 2.67 bits per heavy atom. The molecule has 0 radical (unpaired) electrons. The van der Waals surface area contributed by atoms with Crippen molar-refractivity contribution in [1.82, 2.24) is 0 Å². The van der Waals surface area contributed by atoms with Crippen LogP contribution >= 0.6 is 15.9 Å². The molecule has 0 unspecified atom stereocenters. The van der Waals surface area contributed by atoms with E-state index in [0.29, 0.717) is 5.69 Å². The minimum Gasteiger partial charge on any atom is -0.374 e. The van der Waals surface area contributed by atoms with Crippen LogP contribution in [-0.4, -0.2) is 12.5 Å². The first-order valence-electron chi connectivity index (χ1n) is 6.20. The van der Waals surface area contributed by atoms with Crippen LogP contribution in [0.5, 0.6) is 0 Å². The van der Waals surface area contributed by atoms with E-state index in [1.807, 2.05) is 25.1 Å². The Kier molecular flexibility index (Phi) is 4.90. The zero-order valence-corrected chi connectivity index (χ0v) is 12.8. The molecule has 0 aliphatic carbocycles. The predicted molar refractivity (Wildman–Crippen MR) is 82.4 cm³/mol. The number of carbonyl (C=O) groups is 1. The van der Waals surface area contributed by atoms with Crippen molar-refractivity contribution in [2.24, 2.45) is 0 Å². The van der Waals surface area contributed by atoms with Gasteiger partial charge >= 0.3 is 0 Å². The molecular weight excluding hydrogens is 342 g/mol. The summed E-state index contributed by atoms with van der Waals surface area (Å²) in [6.45, 7) is 1.75. The summed E-state index contributed by atoms with van der Waals surface area (Å²) in [5, 5.41) is 5.24. The molecule has 0 aliphatic heterocycles. The summed E-state index contributed by atoms with van der Waals surface area (Å²) in [5.41, 5.74) is 1.61. The van der Waals surface area contributed by atoms with Gasteiger partial charge in [0.1, 0.15) is 11.6 Å². The SMILES string of the molecule is Cc1cccc(NC(=O)CNc2cc(F)c(Br)cc2F)c1. The number of amides is 1. The Hall–Kier alpha value is -1.95. The largest absolute Gasteiger partial charge is 0.374 e. The molecule has 0 aromatic heterocycles. The van der Waals surface area contributed by atoms with Gasteiger partial charge in [-0.25, -0.2) is 8.78 Å². The molecule has 0 spiro atoms. The highest BCUT2D eigenvalue weighted by Crippen LogP contribution is 2.23. The first kappa shape index (κ1) is 15.4. The van der Waals surface area contributed by atoms with Crippen LogP contribution in [0.2, 0.25) is 0 Å². The molecule has 0 aliphatic rings. The van der Waals surface area contributed by atoms with Gasteiger partial charge in [-0.05, 0) is 46.6 Å². The third-order valence-electron chi connectivity index (χ3n) is 2.75. The van der Waals surface area contributed by atoms with Gasteiger partial charge in [-0.3, -0.25) is 4.79 Å². The highest BCUT2D eigenvalue weighted by atomic mass is 79.9. The van der Waals surface area contributed by atoms with Crippen molar-refractivity contribution in [3.63, 3.8) is 0 Å². The van der Waals surface area contributed by atoms with E-state index in [1.165, 1.54) is 0 Å². The van der Waals surface area contributed by atoms with Crippen molar-refractivity contribution in [3.8, 4) is 0 Å². The molecule has 0 heterocycles. The average Bonchev–Trinajstić information content (AvgIpc) is 2.41. The van der Waals surface area contributed by atoms with Gasteiger partial charge in [-0.1, -0.05) is 12.1 Å². The normalized spacial score (nSPS) is 10.3. The summed E-state index contributed by atoms with van der Waals surface area (Å²) in [4.78, 5) is 11.8. The Bertz CT molecular complexity index is 677. The van der Waals surface area contributed by atoms with Gasteiger partial charge in [0.05, 0.1) is 16.7 Å². The van der Waals surface area contributed by atoms with Crippen LogP contribution in [0.15, 0.2) is 40.9 Å². The Morgan fingerprint density at radius 1 is 1.19 bits per heavy atom. The fraction of sp³-hybridized carbons (Fsp3) is 0.133. The van der Waals surface area contributed by atoms with E-state index >= 15 is 0 Å². The Labute approximate surface area is 129 Å². The monoisotopic (exact) mass is 354 g/mol. The van der Waals surface area contributed by atoms with Crippen LogP contribution in [0, 0.1) is 18.6 Å². The first-order valence-corrected chi connectivity index (χ1v) is 7.00. The maximum atomic E-state index is 13.6. The molecule has 0 saturated heterocycles. The number of halogens is 3. The molecule has 2 rings (SSSR count). The van der Waals surface area contributed by atoms with E-state index in [9.17, 15) is 13.6 Å². The molecule has 0 fully saturated rings. The minimum absolute atomic E-state index is 0.0368. The fourth-order valence-corrected chi connectivity index (χ4v) is 2.08. The third kappa shape index (κ3) is 4.26. The third-order valence-corrected chi connectivity index (χ3v) is 3.36. The number of rotatable bonds is 4. The molecule has 110 valence electrons. The van der Waals surface area contributed by atoms with Crippen molar-refractivity contribution in [2.75, 3.05) is 17.2 Å². The van der Waals surface area contributed by atoms with Gasteiger partial charge in [0.15, 0.2) is 0 Å². The van der Waals surface area contributed by atoms with Crippen molar-refractivity contribution < 1.29 is 13.6 Å². The van der Waals surface area contributed by atoms with Crippen molar-refractivity contribution in [1.29, 1.82) is 0 Å². The zero-order valence-electron chi connectivity index (χ0n) is 11.2. The maximum absolute atomic E-state index is 13.6. The number of hydrogen-bond acceptors (Lipinski definition) is 2. The molecule has 6 heteroatoms. The number of benzene rings is 2. The second kappa shape index (κ2) is 6.67. The molecule has 0 bridgehead atoms. The van der Waals surface area contributed by atoms with Gasteiger partial charge in [-0.2, -0.15) is 0 Å². The van der Waals surface area contributed by atoms with Gasteiger partial charge < -0.3 is 10.6 Å². The van der Waals surface area contributed by atoms with Gasteiger partial charge in [0.25, 0.3) is 0 Å². The standard InChI is InChI=1S/C15H13BrF2N2O/c1-9-3-2-4-10(5-9)20-15(21)8-19-14-7-12(17)11(16)6-13(14)18/h2-7,19H,8H2,1H3,(H,20,21). The molecule has 2 aromatic carbocycles. The van der Waals surface area contributed by atoms with Gasteiger partial charge in [-0.15, -0.1) is 0 Å². The summed E-state index contributed by atoms with van der Waals surface area (Å²) >= 11 is 2.89. The molecule has 3 nitrogen and oxygen atoms in total. The van der Waals surface area contributed by atoms with Crippen LogP contribution in [0.3, 0.4) is 0 Å². The lowest BCUT2D eigenvalue weighted by atomic mass is 10.2. The molecule has 21 heavy (non-hydrogen) atoms. The molecule has 0 saturated carbocycles. The van der Waals surface area contributed by atoms with Crippen LogP contribution < -0.4 is 10.6 Å². The zero-order chi connectivity index (χ0) is 15.4. The predicted octanol–water partition coefficient (Wildman–Crippen LogP) is 4.09. The van der Waals surface area contributed by atoms with E-state index in [-0.39, 0.29) is 22.6 Å². The topological polar surface area (TPSA) is 41.1 Å². The second-order valence-corrected chi connectivity index (χ2v) is 5.37. The Morgan fingerprint density at radius 2 is 1.95 bits per heavy atom. The summed E-state index contributed by atoms with van der Waals surface area (Å²) in [6.07, 6.45) is 0. The summed E-state index contributed by atoms with van der Waals surface area (Å²) in [5.74, 6) is -1.58. The highest BCUT2D eigenvalue weighted by molar-refractivity contribution is 9.10. The van der Waals surface area contributed by atoms with Gasteiger partial charge in [0, 0.05) is 11.8 Å². The highest BCUT2D eigenvalue weighted by Gasteiger charge is 2.09. The minimum atomic E-state index is -0.633. The lowest BCUT2D eigenvalue weighted by Gasteiger charge is -2.09. The van der Waals surface area contributed by atoms with Crippen molar-refractivity contribution >= 4 is 33.2 Å². The number of aryl methyl sites for hydroxylation is 1. The molecular formula is C15H13BrF2N2O. The lowest BCUT2D eigenvalue weighted by Crippen LogP contribution is -2.22. The van der Waals surface area contributed by atoms with E-state index in [2.05, 4.69) is 26.6 Å². The van der Waals surface area contributed by atoms with Crippen LogP contribution in [0.1, 0.15) is 5.56 Å². The average molecular weight is 355 g/mol. The molecule has 1 amide bonds. The summed E-state index contributed by atoms with van der Waals surface area (Å²) in [7, 11) is 0. The van der Waals surface area contributed by atoms with E-state index < -0.39 is 11.6 Å². The first-order chi connectivity index (χ1) is 9.95. The van der Waals surface area contributed by atoms with Crippen molar-refractivity contribution in [3.05, 3.63) is 58.1 Å². The summed E-state index contributed by atoms with van der Waals surface area (Å²) in [6, 6.07) is 9.31. The number of nitrogens with one attached hydrogen (secondary N) is 2. The molecule has 0 atom stereocenters. The fourth-order valence-electron chi connectivity index (χ4n) is 1.76. The summed E-state index contributed by atoms with van der Waals surface area (Å²) < 4.78 is 26.9. The van der Waals surface area contributed by atoms with E-state index in [0.717, 1.165) is 17.7 Å². The molecule has 2 N–H and O–H groups in total. The number of anilines is 2. The number of carbonyl (C=O) groups excluding carboxylic acids is 1. The smallest absolute Gasteiger partial charge is 0.243 e. The maximum Gasteiger partial charge on any atom is 0.243 e. The van der Waals surface area contributed by atoms with Crippen LogP contribution in [0.4, 0.5) is 20.2 Å². The quantitative estimate of drug-likeness (QED) is 0.812. The van der Waals surface area contributed by atoms with Crippen LogP contribution in [0.25, 0.3) is 0 Å².